The number of ether oxygens (including phenoxy) is 1. The van der Waals surface area contributed by atoms with Crippen LogP contribution in [0.3, 0.4) is 0 Å². The van der Waals surface area contributed by atoms with Crippen LogP contribution in [0.2, 0.25) is 0 Å². The van der Waals surface area contributed by atoms with Crippen LogP contribution in [0.5, 0.6) is 5.75 Å². The summed E-state index contributed by atoms with van der Waals surface area (Å²) in [7, 11) is 0. The first-order valence-electron chi connectivity index (χ1n) is 9.54. The average molecular weight is 459 g/mol. The van der Waals surface area contributed by atoms with Gasteiger partial charge in [0, 0.05) is 42.2 Å². The van der Waals surface area contributed by atoms with E-state index in [1.807, 2.05) is 12.1 Å². The Bertz CT molecular complexity index is 890. The van der Waals surface area contributed by atoms with Crippen molar-refractivity contribution in [2.75, 3.05) is 19.6 Å². The summed E-state index contributed by atoms with van der Waals surface area (Å²) in [5.41, 5.74) is 1.14. The van der Waals surface area contributed by atoms with Crippen LogP contribution in [0.25, 0.3) is 0 Å². The second kappa shape index (κ2) is 9.69. The fourth-order valence-corrected chi connectivity index (χ4v) is 3.59. The first-order chi connectivity index (χ1) is 13.9. The number of halogens is 1. The van der Waals surface area contributed by atoms with E-state index >= 15 is 0 Å². The van der Waals surface area contributed by atoms with E-state index in [4.69, 9.17) is 4.74 Å². The third kappa shape index (κ3) is 5.90. The molecule has 152 valence electrons. The molecule has 0 radical (unpaired) electrons. The maximum atomic E-state index is 12.7. The zero-order valence-corrected chi connectivity index (χ0v) is 17.8. The maximum absolute atomic E-state index is 12.7. The largest absolute Gasteiger partial charge is 0.427 e. The van der Waals surface area contributed by atoms with Gasteiger partial charge in [-0.3, -0.25) is 14.4 Å². The minimum absolute atomic E-state index is 0.0728. The van der Waals surface area contributed by atoms with E-state index in [9.17, 15) is 14.4 Å². The molecule has 1 heterocycles. The molecule has 1 N–H and O–H groups in total. The number of carbonyl (C=O) groups is 3. The number of carbonyl (C=O) groups excluding carboxylic acids is 3. The quantitative estimate of drug-likeness (QED) is 0.547. The van der Waals surface area contributed by atoms with Crippen molar-refractivity contribution in [1.82, 2.24) is 10.2 Å². The minimum atomic E-state index is -0.416. The van der Waals surface area contributed by atoms with Gasteiger partial charge in [-0.05, 0) is 61.2 Å². The Morgan fingerprint density at radius 1 is 1.07 bits per heavy atom. The average Bonchev–Trinajstić information content (AvgIpc) is 2.72. The van der Waals surface area contributed by atoms with Crippen LogP contribution in [-0.4, -0.2) is 42.3 Å². The van der Waals surface area contributed by atoms with Gasteiger partial charge in [-0.2, -0.15) is 0 Å². The van der Waals surface area contributed by atoms with Crippen LogP contribution < -0.4 is 10.1 Å². The number of piperidine rings is 1. The molecule has 0 aliphatic carbocycles. The first-order valence-corrected chi connectivity index (χ1v) is 10.3. The van der Waals surface area contributed by atoms with Gasteiger partial charge < -0.3 is 15.0 Å². The Kier molecular flexibility index (Phi) is 7.04. The predicted octanol–water partition coefficient (Wildman–Crippen LogP) is 3.66. The lowest BCUT2D eigenvalue weighted by Gasteiger charge is -2.32. The van der Waals surface area contributed by atoms with Crippen molar-refractivity contribution in [3.63, 3.8) is 0 Å². The number of nitrogens with zero attached hydrogens (tertiary/aromatic N) is 1. The van der Waals surface area contributed by atoms with Crippen molar-refractivity contribution < 1.29 is 19.1 Å². The number of hydrogen-bond acceptors (Lipinski definition) is 4. The minimum Gasteiger partial charge on any atom is -0.427 e. The molecule has 1 aliphatic rings. The summed E-state index contributed by atoms with van der Waals surface area (Å²) in [5.74, 6) is 0.134. The molecular formula is C22H23BrN2O4. The molecule has 0 bridgehead atoms. The molecule has 6 nitrogen and oxygen atoms in total. The Labute approximate surface area is 178 Å². The molecule has 1 saturated heterocycles. The smallest absolute Gasteiger partial charge is 0.308 e. The van der Waals surface area contributed by atoms with Gasteiger partial charge in [0.2, 0.25) is 0 Å². The van der Waals surface area contributed by atoms with Crippen LogP contribution in [0.4, 0.5) is 0 Å². The van der Waals surface area contributed by atoms with Gasteiger partial charge in [0.25, 0.3) is 11.8 Å². The Balaban J connectivity index is 1.48. The van der Waals surface area contributed by atoms with E-state index in [0.29, 0.717) is 42.4 Å². The Morgan fingerprint density at radius 3 is 2.41 bits per heavy atom. The molecule has 29 heavy (non-hydrogen) atoms. The molecule has 2 aromatic rings. The summed E-state index contributed by atoms with van der Waals surface area (Å²) in [4.78, 5) is 37.9. The highest BCUT2D eigenvalue weighted by molar-refractivity contribution is 9.10. The van der Waals surface area contributed by atoms with Gasteiger partial charge >= 0.3 is 5.97 Å². The maximum Gasteiger partial charge on any atom is 0.308 e. The SMILES string of the molecule is CC(=O)Oc1cccc(C(=O)N2CCC(CNC(=O)c3ccc(Br)cc3)CC2)c1. The number of hydrogen-bond donors (Lipinski definition) is 1. The van der Waals surface area contributed by atoms with Crippen LogP contribution in [0, 0.1) is 5.92 Å². The fourth-order valence-electron chi connectivity index (χ4n) is 3.32. The van der Waals surface area contributed by atoms with E-state index in [0.717, 1.165) is 17.3 Å². The van der Waals surface area contributed by atoms with Gasteiger partial charge in [0.05, 0.1) is 0 Å². The topological polar surface area (TPSA) is 75.7 Å². The van der Waals surface area contributed by atoms with Crippen molar-refractivity contribution in [3.8, 4) is 5.75 Å². The number of rotatable bonds is 5. The molecule has 0 atom stereocenters. The molecule has 2 amide bonds. The van der Waals surface area contributed by atoms with Crippen molar-refractivity contribution in [3.05, 3.63) is 64.1 Å². The Hall–Kier alpha value is -2.67. The van der Waals surface area contributed by atoms with Crippen LogP contribution in [0.15, 0.2) is 53.0 Å². The lowest BCUT2D eigenvalue weighted by atomic mass is 9.96. The number of amides is 2. The van der Waals surface area contributed by atoms with Gasteiger partial charge in [0.1, 0.15) is 5.75 Å². The monoisotopic (exact) mass is 458 g/mol. The lowest BCUT2D eigenvalue weighted by molar-refractivity contribution is -0.131. The summed E-state index contributed by atoms with van der Waals surface area (Å²) in [6.07, 6.45) is 1.66. The molecule has 0 saturated carbocycles. The summed E-state index contributed by atoms with van der Waals surface area (Å²) >= 11 is 3.36. The zero-order chi connectivity index (χ0) is 20.8. The second-order valence-electron chi connectivity index (χ2n) is 7.07. The second-order valence-corrected chi connectivity index (χ2v) is 7.99. The molecule has 7 heteroatoms. The highest BCUT2D eigenvalue weighted by Gasteiger charge is 2.24. The zero-order valence-electron chi connectivity index (χ0n) is 16.2. The normalized spacial score (nSPS) is 14.3. The van der Waals surface area contributed by atoms with Crippen molar-refractivity contribution in [2.24, 2.45) is 5.92 Å². The van der Waals surface area contributed by atoms with Crippen LogP contribution in [-0.2, 0) is 4.79 Å². The van der Waals surface area contributed by atoms with E-state index in [-0.39, 0.29) is 11.8 Å². The standard InChI is InChI=1S/C22H23BrN2O4/c1-15(26)29-20-4-2-3-18(13-20)22(28)25-11-9-16(10-12-25)14-24-21(27)17-5-7-19(23)8-6-17/h2-8,13,16H,9-12,14H2,1H3,(H,24,27). The lowest BCUT2D eigenvalue weighted by Crippen LogP contribution is -2.41. The molecule has 0 aromatic heterocycles. The van der Waals surface area contributed by atoms with Crippen LogP contribution in [0.1, 0.15) is 40.5 Å². The highest BCUT2D eigenvalue weighted by atomic mass is 79.9. The highest BCUT2D eigenvalue weighted by Crippen LogP contribution is 2.21. The number of likely N-dealkylation sites (tertiary alicyclic amines) is 1. The number of nitrogens with one attached hydrogen (secondary N) is 1. The number of benzene rings is 2. The fraction of sp³-hybridized carbons (Fsp3) is 0.318. The molecule has 0 unspecified atom stereocenters. The third-order valence-corrected chi connectivity index (χ3v) is 5.43. The Morgan fingerprint density at radius 2 is 1.76 bits per heavy atom. The number of esters is 1. The summed E-state index contributed by atoms with van der Waals surface area (Å²) < 4.78 is 5.99. The first kappa shape index (κ1) is 21.0. The van der Waals surface area contributed by atoms with E-state index in [2.05, 4.69) is 21.2 Å². The van der Waals surface area contributed by atoms with E-state index < -0.39 is 5.97 Å². The van der Waals surface area contributed by atoms with E-state index in [1.165, 1.54) is 6.92 Å². The molecule has 1 fully saturated rings. The molecule has 0 spiro atoms. The molecule has 3 rings (SSSR count). The molecule has 1 aliphatic heterocycles. The van der Waals surface area contributed by atoms with Crippen molar-refractivity contribution >= 4 is 33.7 Å². The summed E-state index contributed by atoms with van der Waals surface area (Å²) in [6.45, 7) is 3.19. The summed E-state index contributed by atoms with van der Waals surface area (Å²) in [5, 5.41) is 2.98. The van der Waals surface area contributed by atoms with Crippen molar-refractivity contribution in [1.29, 1.82) is 0 Å². The van der Waals surface area contributed by atoms with Gasteiger partial charge in [-0.1, -0.05) is 22.0 Å². The van der Waals surface area contributed by atoms with Crippen molar-refractivity contribution in [2.45, 2.75) is 19.8 Å². The van der Waals surface area contributed by atoms with Gasteiger partial charge in [-0.15, -0.1) is 0 Å². The molecule has 2 aromatic carbocycles. The summed E-state index contributed by atoms with van der Waals surface area (Å²) in [6, 6.07) is 13.9. The van der Waals surface area contributed by atoms with Crippen LogP contribution >= 0.6 is 15.9 Å². The van der Waals surface area contributed by atoms with Gasteiger partial charge in [0.15, 0.2) is 0 Å². The predicted molar refractivity (Wildman–Crippen MR) is 113 cm³/mol. The van der Waals surface area contributed by atoms with Gasteiger partial charge in [-0.25, -0.2) is 0 Å². The molecular weight excluding hydrogens is 436 g/mol. The van der Waals surface area contributed by atoms with E-state index in [1.54, 1.807) is 41.3 Å². The third-order valence-electron chi connectivity index (χ3n) is 4.90.